The molecule has 208 valence electrons. The summed E-state index contributed by atoms with van der Waals surface area (Å²) in [6.45, 7) is 4.42. The molecule has 2 amide bonds. The monoisotopic (exact) mass is 569 g/mol. The van der Waals surface area contributed by atoms with Gasteiger partial charge in [-0.15, -0.1) is 0 Å². The Morgan fingerprint density at radius 2 is 1.54 bits per heavy atom. The fourth-order valence-corrected chi connectivity index (χ4v) is 5.66. The van der Waals surface area contributed by atoms with Gasteiger partial charge < -0.3 is 10.2 Å². The van der Waals surface area contributed by atoms with E-state index in [0.717, 1.165) is 17.4 Å². The highest BCUT2D eigenvalue weighted by atomic mass is 35.5. The maximum absolute atomic E-state index is 13.7. The number of hydrogen-bond acceptors (Lipinski definition) is 4. The summed E-state index contributed by atoms with van der Waals surface area (Å²) in [6.07, 6.45) is 1.85. The zero-order valence-electron chi connectivity index (χ0n) is 22.6. The zero-order chi connectivity index (χ0) is 28.4. The molecule has 0 radical (unpaired) electrons. The molecule has 0 saturated carbocycles. The number of likely N-dealkylation sites (N-methyl/N-ethyl adjacent to an activating group) is 1. The maximum atomic E-state index is 13.7. The number of nitrogens with zero attached hydrogens (tertiary/aromatic N) is 2. The van der Waals surface area contributed by atoms with Crippen LogP contribution >= 0.6 is 11.6 Å². The third-order valence-corrected chi connectivity index (χ3v) is 8.07. The van der Waals surface area contributed by atoms with Crippen LogP contribution in [0.1, 0.15) is 36.5 Å². The van der Waals surface area contributed by atoms with Gasteiger partial charge in [0, 0.05) is 37.5 Å². The Kier molecular flexibility index (Phi) is 10.9. The fraction of sp³-hybridized carbons (Fsp3) is 0.333. The van der Waals surface area contributed by atoms with E-state index in [1.165, 1.54) is 4.31 Å². The highest BCUT2D eigenvalue weighted by Gasteiger charge is 2.30. The molecular weight excluding hydrogens is 534 g/mol. The zero-order valence-corrected chi connectivity index (χ0v) is 24.2. The van der Waals surface area contributed by atoms with E-state index in [-0.39, 0.29) is 37.7 Å². The largest absolute Gasteiger partial charge is 0.355 e. The minimum absolute atomic E-state index is 0.0726. The molecule has 0 spiro atoms. The number of rotatable bonds is 13. The second kappa shape index (κ2) is 14.1. The number of carbonyl (C=O) groups excluding carboxylic acids is 2. The van der Waals surface area contributed by atoms with Crippen LogP contribution in [0.3, 0.4) is 0 Å². The summed E-state index contributed by atoms with van der Waals surface area (Å²) in [5.74, 6) is -0.444. The second-order valence-corrected chi connectivity index (χ2v) is 11.7. The molecule has 0 aliphatic rings. The molecule has 0 bridgehead atoms. The summed E-state index contributed by atoms with van der Waals surface area (Å²) in [5.41, 5.74) is 2.99. The first kappa shape index (κ1) is 30.2. The van der Waals surface area contributed by atoms with Gasteiger partial charge in [0.2, 0.25) is 21.8 Å². The molecular formula is C30H36ClN3O4S. The molecule has 0 heterocycles. The van der Waals surface area contributed by atoms with Gasteiger partial charge in [-0.1, -0.05) is 78.3 Å². The minimum atomic E-state index is -3.62. The van der Waals surface area contributed by atoms with Crippen LogP contribution in [0.2, 0.25) is 5.02 Å². The molecule has 0 fully saturated rings. The molecule has 0 aromatic heterocycles. The van der Waals surface area contributed by atoms with Crippen molar-refractivity contribution >= 4 is 39.1 Å². The lowest BCUT2D eigenvalue weighted by Crippen LogP contribution is -2.50. The molecule has 1 unspecified atom stereocenters. The van der Waals surface area contributed by atoms with Crippen molar-refractivity contribution in [2.45, 2.75) is 45.7 Å². The normalized spacial score (nSPS) is 12.0. The van der Waals surface area contributed by atoms with E-state index < -0.39 is 16.1 Å². The average molecular weight is 570 g/mol. The molecule has 0 saturated heterocycles. The van der Waals surface area contributed by atoms with Gasteiger partial charge in [0.1, 0.15) is 6.04 Å². The molecule has 3 aromatic carbocycles. The first-order valence-electron chi connectivity index (χ1n) is 13.0. The summed E-state index contributed by atoms with van der Waals surface area (Å²) >= 11 is 6.25. The summed E-state index contributed by atoms with van der Waals surface area (Å²) in [7, 11) is -3.62. The number of benzene rings is 3. The van der Waals surface area contributed by atoms with Crippen LogP contribution in [0.4, 0.5) is 5.69 Å². The van der Waals surface area contributed by atoms with Crippen LogP contribution in [0.15, 0.2) is 78.9 Å². The van der Waals surface area contributed by atoms with Gasteiger partial charge in [-0.2, -0.15) is 0 Å². The van der Waals surface area contributed by atoms with E-state index in [4.69, 9.17) is 11.6 Å². The van der Waals surface area contributed by atoms with Crippen LogP contribution in [-0.2, 0) is 32.6 Å². The number of halogens is 1. The van der Waals surface area contributed by atoms with Crippen LogP contribution < -0.4 is 9.62 Å². The topological polar surface area (TPSA) is 86.8 Å². The van der Waals surface area contributed by atoms with Crippen molar-refractivity contribution in [2.75, 3.05) is 23.7 Å². The number of hydrogen-bond donors (Lipinski definition) is 1. The average Bonchev–Trinajstić information content (AvgIpc) is 2.91. The minimum Gasteiger partial charge on any atom is -0.355 e. The van der Waals surface area contributed by atoms with Gasteiger partial charge >= 0.3 is 0 Å². The third-order valence-electron chi connectivity index (χ3n) is 6.48. The number of carbonyl (C=O) groups is 2. The molecule has 0 aliphatic carbocycles. The molecule has 1 atom stereocenters. The van der Waals surface area contributed by atoms with E-state index in [0.29, 0.717) is 29.2 Å². The van der Waals surface area contributed by atoms with Gasteiger partial charge in [-0.3, -0.25) is 13.9 Å². The highest BCUT2D eigenvalue weighted by molar-refractivity contribution is 7.92. The first-order valence-corrected chi connectivity index (χ1v) is 15.2. The van der Waals surface area contributed by atoms with Gasteiger partial charge in [0.05, 0.1) is 11.9 Å². The quantitative estimate of drug-likeness (QED) is 0.315. The van der Waals surface area contributed by atoms with Crippen LogP contribution in [-0.4, -0.2) is 50.5 Å². The molecule has 3 aromatic rings. The van der Waals surface area contributed by atoms with E-state index in [2.05, 4.69) is 5.32 Å². The first-order chi connectivity index (χ1) is 18.6. The Balaban J connectivity index is 1.86. The standard InChI is InChI=1S/C30H36ClN3O4S/c1-4-32-30(36)28(21-24-13-7-5-8-14-24)33(22-25-15-9-6-10-16-25)29(35)19-12-20-34(39(3,37)38)27-18-11-17-26(31)23(27)2/h5-11,13-18,28H,4,12,19-22H2,1-3H3,(H,32,36). The molecule has 39 heavy (non-hydrogen) atoms. The van der Waals surface area contributed by atoms with Gasteiger partial charge in [0.15, 0.2) is 0 Å². The Morgan fingerprint density at radius 3 is 2.13 bits per heavy atom. The van der Waals surface area contributed by atoms with Gasteiger partial charge in [-0.05, 0) is 49.1 Å². The van der Waals surface area contributed by atoms with E-state index >= 15 is 0 Å². The molecule has 7 nitrogen and oxygen atoms in total. The maximum Gasteiger partial charge on any atom is 0.243 e. The van der Waals surface area contributed by atoms with Gasteiger partial charge in [0.25, 0.3) is 0 Å². The Labute approximate surface area is 236 Å². The van der Waals surface area contributed by atoms with Crippen molar-refractivity contribution in [1.29, 1.82) is 0 Å². The predicted molar refractivity (Wildman–Crippen MR) is 157 cm³/mol. The Bertz CT molecular complexity index is 1350. The number of amides is 2. The van der Waals surface area contributed by atoms with Crippen molar-refractivity contribution in [3.63, 3.8) is 0 Å². The van der Waals surface area contributed by atoms with E-state index in [1.807, 2.05) is 67.6 Å². The van der Waals surface area contributed by atoms with Crippen LogP contribution in [0.5, 0.6) is 0 Å². The van der Waals surface area contributed by atoms with Crippen molar-refractivity contribution in [3.8, 4) is 0 Å². The number of anilines is 1. The van der Waals surface area contributed by atoms with Crippen molar-refractivity contribution in [3.05, 3.63) is 101 Å². The lowest BCUT2D eigenvalue weighted by molar-refractivity contribution is -0.141. The van der Waals surface area contributed by atoms with Crippen molar-refractivity contribution < 1.29 is 18.0 Å². The summed E-state index contributed by atoms with van der Waals surface area (Å²) in [4.78, 5) is 28.6. The predicted octanol–water partition coefficient (Wildman–Crippen LogP) is 4.97. The highest BCUT2D eigenvalue weighted by Crippen LogP contribution is 2.28. The lowest BCUT2D eigenvalue weighted by Gasteiger charge is -2.32. The van der Waals surface area contributed by atoms with E-state index in [9.17, 15) is 18.0 Å². The molecule has 0 aliphatic heterocycles. The van der Waals surface area contributed by atoms with Crippen molar-refractivity contribution in [2.24, 2.45) is 0 Å². The second-order valence-electron chi connectivity index (χ2n) is 9.43. The number of nitrogens with one attached hydrogen (secondary N) is 1. The Hall–Kier alpha value is -3.36. The summed E-state index contributed by atoms with van der Waals surface area (Å²) < 4.78 is 26.6. The van der Waals surface area contributed by atoms with Crippen LogP contribution in [0, 0.1) is 6.92 Å². The molecule has 9 heteroatoms. The summed E-state index contributed by atoms with van der Waals surface area (Å²) in [5, 5.41) is 3.35. The van der Waals surface area contributed by atoms with Crippen molar-refractivity contribution in [1.82, 2.24) is 10.2 Å². The fourth-order valence-electron chi connectivity index (χ4n) is 4.47. The number of sulfonamides is 1. The Morgan fingerprint density at radius 1 is 0.923 bits per heavy atom. The third kappa shape index (κ3) is 8.57. The lowest BCUT2D eigenvalue weighted by atomic mass is 10.0. The van der Waals surface area contributed by atoms with E-state index in [1.54, 1.807) is 30.0 Å². The molecule has 3 rings (SSSR count). The summed E-state index contributed by atoms with van der Waals surface area (Å²) in [6, 6.07) is 23.5. The van der Waals surface area contributed by atoms with Gasteiger partial charge in [-0.25, -0.2) is 8.42 Å². The SMILES string of the molecule is CCNC(=O)C(Cc1ccccc1)N(Cc1ccccc1)C(=O)CCCN(c1cccc(Cl)c1C)S(C)(=O)=O. The molecule has 1 N–H and O–H groups in total. The van der Waals surface area contributed by atoms with Crippen LogP contribution in [0.25, 0.3) is 0 Å². The smallest absolute Gasteiger partial charge is 0.243 e.